The summed E-state index contributed by atoms with van der Waals surface area (Å²) >= 11 is 7.16. The molecule has 0 aliphatic carbocycles. The Morgan fingerprint density at radius 3 is 2.78 bits per heavy atom. The molecule has 0 bridgehead atoms. The van der Waals surface area contributed by atoms with E-state index >= 15 is 0 Å². The summed E-state index contributed by atoms with van der Waals surface area (Å²) in [7, 11) is 1.57. The SMILES string of the molecule is COc1cccc(/C=C2\SC(=O)N(Cc3cc4c(cc3Cl)OCO4)C2=O)c1. The number of imide groups is 1. The Kier molecular flexibility index (Phi) is 4.72. The molecule has 0 radical (unpaired) electrons. The minimum absolute atomic E-state index is 0.0651. The summed E-state index contributed by atoms with van der Waals surface area (Å²) in [6, 6.07) is 10.6. The molecule has 0 aromatic heterocycles. The molecule has 2 amide bonds. The van der Waals surface area contributed by atoms with E-state index < -0.39 is 0 Å². The Bertz CT molecular complexity index is 975. The number of methoxy groups -OCH3 is 1. The zero-order chi connectivity index (χ0) is 19.0. The van der Waals surface area contributed by atoms with Gasteiger partial charge >= 0.3 is 0 Å². The minimum Gasteiger partial charge on any atom is -0.497 e. The van der Waals surface area contributed by atoms with E-state index in [1.165, 1.54) is 4.90 Å². The fourth-order valence-corrected chi connectivity index (χ4v) is 3.82. The molecule has 138 valence electrons. The number of thioether (sulfide) groups is 1. The van der Waals surface area contributed by atoms with Gasteiger partial charge in [-0.25, -0.2) is 0 Å². The molecule has 0 atom stereocenters. The number of carbonyl (C=O) groups excluding carboxylic acids is 2. The van der Waals surface area contributed by atoms with Gasteiger partial charge in [0.25, 0.3) is 11.1 Å². The molecule has 8 heteroatoms. The molecule has 2 aliphatic rings. The van der Waals surface area contributed by atoms with E-state index in [4.69, 9.17) is 25.8 Å². The van der Waals surface area contributed by atoms with Crippen LogP contribution in [0.3, 0.4) is 0 Å². The zero-order valence-electron chi connectivity index (χ0n) is 14.2. The highest BCUT2D eigenvalue weighted by Crippen LogP contribution is 2.39. The Hall–Kier alpha value is -2.64. The van der Waals surface area contributed by atoms with Gasteiger partial charge in [0, 0.05) is 11.1 Å². The predicted molar refractivity (Wildman–Crippen MR) is 102 cm³/mol. The fraction of sp³-hybridized carbons (Fsp3) is 0.158. The second kappa shape index (κ2) is 7.17. The second-order valence-electron chi connectivity index (χ2n) is 5.84. The third-order valence-electron chi connectivity index (χ3n) is 4.14. The lowest BCUT2D eigenvalue weighted by Crippen LogP contribution is -2.27. The molecule has 0 spiro atoms. The molecule has 27 heavy (non-hydrogen) atoms. The minimum atomic E-state index is -0.360. The third-order valence-corrected chi connectivity index (χ3v) is 5.39. The third kappa shape index (κ3) is 3.48. The van der Waals surface area contributed by atoms with E-state index in [0.29, 0.717) is 32.7 Å². The second-order valence-corrected chi connectivity index (χ2v) is 7.24. The van der Waals surface area contributed by atoms with Crippen LogP contribution in [0.15, 0.2) is 41.3 Å². The highest BCUT2D eigenvalue weighted by molar-refractivity contribution is 8.18. The highest BCUT2D eigenvalue weighted by Gasteiger charge is 2.35. The average Bonchev–Trinajstić information content (AvgIpc) is 3.21. The van der Waals surface area contributed by atoms with Crippen LogP contribution in [0, 0.1) is 0 Å². The van der Waals surface area contributed by atoms with E-state index in [9.17, 15) is 9.59 Å². The molecule has 0 saturated carbocycles. The predicted octanol–water partition coefficient (Wildman–Crippen LogP) is 4.31. The normalized spacial score (nSPS) is 17.1. The number of fused-ring (bicyclic) bond motifs is 1. The maximum absolute atomic E-state index is 12.7. The van der Waals surface area contributed by atoms with Crippen LogP contribution in [-0.4, -0.2) is 29.9 Å². The number of hydrogen-bond acceptors (Lipinski definition) is 6. The van der Waals surface area contributed by atoms with E-state index in [1.807, 2.05) is 18.2 Å². The van der Waals surface area contributed by atoms with Gasteiger partial charge in [-0.3, -0.25) is 14.5 Å². The summed E-state index contributed by atoms with van der Waals surface area (Å²) in [6.07, 6.45) is 1.68. The molecule has 2 aromatic rings. The molecule has 6 nitrogen and oxygen atoms in total. The fourth-order valence-electron chi connectivity index (χ4n) is 2.77. The van der Waals surface area contributed by atoms with Crippen LogP contribution in [0.25, 0.3) is 6.08 Å². The lowest BCUT2D eigenvalue weighted by Gasteiger charge is -2.14. The largest absolute Gasteiger partial charge is 0.497 e. The monoisotopic (exact) mass is 403 g/mol. The van der Waals surface area contributed by atoms with E-state index in [2.05, 4.69) is 0 Å². The summed E-state index contributed by atoms with van der Waals surface area (Å²) in [5.41, 5.74) is 1.40. The van der Waals surface area contributed by atoms with Crippen molar-refractivity contribution >= 4 is 40.6 Å². The summed E-state index contributed by atoms with van der Waals surface area (Å²) in [6.45, 7) is 0.190. The van der Waals surface area contributed by atoms with Crippen LogP contribution in [0.5, 0.6) is 17.2 Å². The molecule has 1 fully saturated rings. The summed E-state index contributed by atoms with van der Waals surface area (Å²) in [5, 5.41) is 0.0676. The first-order chi connectivity index (χ1) is 13.0. The van der Waals surface area contributed by atoms with Crippen molar-refractivity contribution in [2.24, 2.45) is 0 Å². The number of carbonyl (C=O) groups is 2. The summed E-state index contributed by atoms with van der Waals surface area (Å²) in [4.78, 5) is 26.6. The number of nitrogens with zero attached hydrogens (tertiary/aromatic N) is 1. The summed E-state index contributed by atoms with van der Waals surface area (Å²) in [5.74, 6) is 1.42. The van der Waals surface area contributed by atoms with Gasteiger partial charge in [-0.05, 0) is 47.2 Å². The van der Waals surface area contributed by atoms with Crippen molar-refractivity contribution in [2.45, 2.75) is 6.54 Å². The molecule has 2 aliphatic heterocycles. The molecule has 2 heterocycles. The Labute approximate surface area is 164 Å². The van der Waals surface area contributed by atoms with Gasteiger partial charge < -0.3 is 14.2 Å². The van der Waals surface area contributed by atoms with E-state index in [-0.39, 0.29) is 24.5 Å². The van der Waals surface area contributed by atoms with Crippen molar-refractivity contribution in [1.29, 1.82) is 0 Å². The van der Waals surface area contributed by atoms with Gasteiger partial charge in [-0.2, -0.15) is 0 Å². The van der Waals surface area contributed by atoms with Crippen molar-refractivity contribution in [3.63, 3.8) is 0 Å². The molecule has 4 rings (SSSR count). The molecule has 0 N–H and O–H groups in total. The maximum Gasteiger partial charge on any atom is 0.293 e. The number of rotatable bonds is 4. The van der Waals surface area contributed by atoms with Gasteiger partial charge in [-0.15, -0.1) is 0 Å². The Balaban J connectivity index is 1.57. The first-order valence-corrected chi connectivity index (χ1v) is 9.22. The highest BCUT2D eigenvalue weighted by atomic mass is 35.5. The average molecular weight is 404 g/mol. The number of halogens is 1. The first-order valence-electron chi connectivity index (χ1n) is 8.02. The molecule has 2 aromatic carbocycles. The Morgan fingerprint density at radius 2 is 2.00 bits per heavy atom. The topological polar surface area (TPSA) is 65.1 Å². The number of hydrogen-bond donors (Lipinski definition) is 0. The van der Waals surface area contributed by atoms with Gasteiger partial charge in [0.1, 0.15) is 5.75 Å². The Morgan fingerprint density at radius 1 is 1.22 bits per heavy atom. The van der Waals surface area contributed by atoms with Crippen LogP contribution in [0.4, 0.5) is 4.79 Å². The first kappa shape index (κ1) is 17.8. The van der Waals surface area contributed by atoms with Gasteiger partial charge in [-0.1, -0.05) is 23.7 Å². The summed E-state index contributed by atoms with van der Waals surface area (Å²) < 4.78 is 15.8. The van der Waals surface area contributed by atoms with Crippen LogP contribution < -0.4 is 14.2 Å². The standard InChI is InChI=1S/C19H14ClNO5S/c1-24-13-4-2-3-11(5-13)6-17-18(22)21(19(23)27-17)9-12-7-15-16(8-14(12)20)26-10-25-15/h2-8H,9-10H2,1H3/b17-6-. The van der Waals surface area contributed by atoms with Crippen LogP contribution in [-0.2, 0) is 11.3 Å². The maximum atomic E-state index is 12.7. The molecule has 0 unspecified atom stereocenters. The van der Waals surface area contributed by atoms with E-state index in [0.717, 1.165) is 17.3 Å². The van der Waals surface area contributed by atoms with Gasteiger partial charge in [0.15, 0.2) is 11.5 Å². The van der Waals surface area contributed by atoms with Gasteiger partial charge in [0.05, 0.1) is 18.6 Å². The van der Waals surface area contributed by atoms with Gasteiger partial charge in [0.2, 0.25) is 6.79 Å². The molecule has 1 saturated heterocycles. The smallest absolute Gasteiger partial charge is 0.293 e. The quantitative estimate of drug-likeness (QED) is 0.708. The lowest BCUT2D eigenvalue weighted by atomic mass is 10.1. The van der Waals surface area contributed by atoms with Crippen LogP contribution in [0.1, 0.15) is 11.1 Å². The van der Waals surface area contributed by atoms with Crippen molar-refractivity contribution in [1.82, 2.24) is 4.90 Å². The van der Waals surface area contributed by atoms with Crippen molar-refractivity contribution in [3.05, 3.63) is 57.5 Å². The van der Waals surface area contributed by atoms with Crippen LogP contribution >= 0.6 is 23.4 Å². The van der Waals surface area contributed by atoms with Crippen molar-refractivity contribution in [3.8, 4) is 17.2 Å². The molecular weight excluding hydrogens is 390 g/mol. The van der Waals surface area contributed by atoms with E-state index in [1.54, 1.807) is 31.4 Å². The van der Waals surface area contributed by atoms with Crippen molar-refractivity contribution in [2.75, 3.05) is 13.9 Å². The molecular formula is C19H14ClNO5S. The lowest BCUT2D eigenvalue weighted by molar-refractivity contribution is -0.123. The van der Waals surface area contributed by atoms with Crippen molar-refractivity contribution < 1.29 is 23.8 Å². The van der Waals surface area contributed by atoms with Crippen LogP contribution in [0.2, 0.25) is 5.02 Å². The number of benzene rings is 2. The number of ether oxygens (including phenoxy) is 3. The zero-order valence-corrected chi connectivity index (χ0v) is 15.8. The number of amides is 2.